The summed E-state index contributed by atoms with van der Waals surface area (Å²) >= 11 is 5.96. The maximum atomic E-state index is 5.96. The summed E-state index contributed by atoms with van der Waals surface area (Å²) in [5.41, 5.74) is 3.95. The number of hydrogen-bond donors (Lipinski definition) is 1. The Bertz CT molecular complexity index is 1050. The number of halogens is 1. The molecule has 0 atom stereocenters. The average molecular weight is 350 g/mol. The number of nitrogens with one attached hydrogen (secondary N) is 1. The van der Waals surface area contributed by atoms with Gasteiger partial charge in [0.15, 0.2) is 5.82 Å². The first-order valence-corrected chi connectivity index (χ1v) is 8.30. The lowest BCUT2D eigenvalue weighted by Crippen LogP contribution is -2.02. The summed E-state index contributed by atoms with van der Waals surface area (Å²) in [6, 6.07) is 17.6. The number of hydrogen-bond acceptors (Lipinski definition) is 4. The topological polar surface area (TPSA) is 55.1 Å². The number of rotatable bonds is 3. The first-order valence-electron chi connectivity index (χ1n) is 7.92. The fourth-order valence-electron chi connectivity index (χ4n) is 2.67. The van der Waals surface area contributed by atoms with Crippen LogP contribution in [0.5, 0.6) is 0 Å². The summed E-state index contributed by atoms with van der Waals surface area (Å²) in [5.74, 6) is 1.99. The van der Waals surface area contributed by atoms with Crippen LogP contribution in [0.2, 0.25) is 5.02 Å². The van der Waals surface area contributed by atoms with Crippen molar-refractivity contribution < 1.29 is 0 Å². The van der Waals surface area contributed by atoms with Gasteiger partial charge < -0.3 is 5.32 Å². The molecule has 124 valence electrons. The predicted octanol–water partition coefficient (Wildman–Crippen LogP) is 4.81. The van der Waals surface area contributed by atoms with Crippen molar-refractivity contribution in [1.82, 2.24) is 19.6 Å². The Morgan fingerprint density at radius 3 is 2.52 bits per heavy atom. The summed E-state index contributed by atoms with van der Waals surface area (Å²) < 4.78 is 1.72. The monoisotopic (exact) mass is 349 g/mol. The van der Waals surface area contributed by atoms with Gasteiger partial charge >= 0.3 is 0 Å². The van der Waals surface area contributed by atoms with Crippen LogP contribution in [-0.2, 0) is 0 Å². The molecule has 0 saturated heterocycles. The van der Waals surface area contributed by atoms with Crippen molar-refractivity contribution in [3.05, 3.63) is 70.9 Å². The molecule has 2 aromatic carbocycles. The molecule has 0 bridgehead atoms. The van der Waals surface area contributed by atoms with Gasteiger partial charge in [0.05, 0.1) is 0 Å². The Hall–Kier alpha value is -2.92. The molecule has 2 aromatic heterocycles. The highest BCUT2D eigenvalue weighted by atomic mass is 35.5. The molecule has 5 nitrogen and oxygen atoms in total. The van der Waals surface area contributed by atoms with Crippen molar-refractivity contribution in [3.63, 3.8) is 0 Å². The van der Waals surface area contributed by atoms with E-state index in [4.69, 9.17) is 11.6 Å². The van der Waals surface area contributed by atoms with Crippen LogP contribution in [0.15, 0.2) is 54.6 Å². The third kappa shape index (κ3) is 3.19. The van der Waals surface area contributed by atoms with Crippen LogP contribution >= 0.6 is 11.6 Å². The standard InChI is InChI=1S/C19H16ClN5/c1-12-4-3-5-16(10-12)22-17-11-13(2)21-19-23-18(24-25(17)19)14-6-8-15(20)9-7-14/h3-11,22H,1-2H3. The molecule has 0 radical (unpaired) electrons. The molecule has 0 unspecified atom stereocenters. The van der Waals surface area contributed by atoms with E-state index >= 15 is 0 Å². The fraction of sp³-hybridized carbons (Fsp3) is 0.105. The van der Waals surface area contributed by atoms with Gasteiger partial charge in [0.25, 0.3) is 5.78 Å². The number of aryl methyl sites for hydroxylation is 2. The Morgan fingerprint density at radius 2 is 1.76 bits per heavy atom. The number of nitrogens with zero attached hydrogens (tertiary/aromatic N) is 4. The van der Waals surface area contributed by atoms with Crippen molar-refractivity contribution in [2.24, 2.45) is 0 Å². The minimum Gasteiger partial charge on any atom is -0.340 e. The summed E-state index contributed by atoms with van der Waals surface area (Å²) in [6.45, 7) is 4.00. The van der Waals surface area contributed by atoms with Gasteiger partial charge in [-0.3, -0.25) is 0 Å². The SMILES string of the molecule is Cc1cccc(Nc2cc(C)nc3nc(-c4ccc(Cl)cc4)nn23)c1. The maximum absolute atomic E-state index is 5.96. The van der Waals surface area contributed by atoms with Crippen molar-refractivity contribution in [2.75, 3.05) is 5.32 Å². The Labute approximate surface area is 150 Å². The zero-order valence-corrected chi connectivity index (χ0v) is 14.6. The van der Waals surface area contributed by atoms with E-state index in [1.165, 1.54) is 5.56 Å². The highest BCUT2D eigenvalue weighted by molar-refractivity contribution is 6.30. The Kier molecular flexibility index (Phi) is 3.86. The normalized spacial score (nSPS) is 11.0. The quantitative estimate of drug-likeness (QED) is 0.577. The van der Waals surface area contributed by atoms with E-state index in [1.54, 1.807) is 4.52 Å². The van der Waals surface area contributed by atoms with E-state index in [-0.39, 0.29) is 0 Å². The van der Waals surface area contributed by atoms with Crippen LogP contribution in [0.4, 0.5) is 11.5 Å². The van der Waals surface area contributed by atoms with E-state index in [0.717, 1.165) is 22.8 Å². The van der Waals surface area contributed by atoms with Crippen LogP contribution < -0.4 is 5.32 Å². The van der Waals surface area contributed by atoms with Crippen molar-refractivity contribution in [3.8, 4) is 11.4 Å². The third-order valence-electron chi connectivity index (χ3n) is 3.83. The molecule has 0 aliphatic rings. The molecule has 0 saturated carbocycles. The van der Waals surface area contributed by atoms with Gasteiger partial charge in [0.2, 0.25) is 0 Å². The number of anilines is 2. The van der Waals surface area contributed by atoms with Gasteiger partial charge in [-0.1, -0.05) is 23.7 Å². The molecule has 4 aromatic rings. The second-order valence-corrected chi connectivity index (χ2v) is 6.37. The van der Waals surface area contributed by atoms with Gasteiger partial charge in [0.1, 0.15) is 5.82 Å². The highest BCUT2D eigenvalue weighted by Gasteiger charge is 2.12. The van der Waals surface area contributed by atoms with Crippen LogP contribution in [-0.4, -0.2) is 19.6 Å². The number of benzene rings is 2. The molecule has 0 amide bonds. The van der Waals surface area contributed by atoms with Crippen LogP contribution in [0.3, 0.4) is 0 Å². The first-order chi connectivity index (χ1) is 12.1. The molecular formula is C19H16ClN5. The number of fused-ring (bicyclic) bond motifs is 1. The molecule has 0 aliphatic carbocycles. The second-order valence-electron chi connectivity index (χ2n) is 5.93. The highest BCUT2D eigenvalue weighted by Crippen LogP contribution is 2.22. The zero-order chi connectivity index (χ0) is 17.4. The Balaban J connectivity index is 1.80. The second kappa shape index (κ2) is 6.18. The molecule has 0 aliphatic heterocycles. The van der Waals surface area contributed by atoms with Gasteiger partial charge in [-0.15, -0.1) is 5.10 Å². The fourth-order valence-corrected chi connectivity index (χ4v) is 2.79. The van der Waals surface area contributed by atoms with E-state index in [0.29, 0.717) is 16.6 Å². The summed E-state index contributed by atoms with van der Waals surface area (Å²) in [4.78, 5) is 9.03. The minimum atomic E-state index is 0.556. The van der Waals surface area contributed by atoms with Crippen molar-refractivity contribution in [2.45, 2.75) is 13.8 Å². The summed E-state index contributed by atoms with van der Waals surface area (Å²) in [5, 5.41) is 8.70. The van der Waals surface area contributed by atoms with E-state index < -0.39 is 0 Å². The lowest BCUT2D eigenvalue weighted by atomic mass is 10.2. The minimum absolute atomic E-state index is 0.556. The molecule has 6 heteroatoms. The van der Waals surface area contributed by atoms with E-state index in [9.17, 15) is 0 Å². The lowest BCUT2D eigenvalue weighted by molar-refractivity contribution is 0.940. The van der Waals surface area contributed by atoms with Gasteiger partial charge in [-0.2, -0.15) is 9.50 Å². The molecule has 0 fully saturated rings. The molecule has 2 heterocycles. The molecule has 4 rings (SSSR count). The maximum Gasteiger partial charge on any atom is 0.254 e. The van der Waals surface area contributed by atoms with Gasteiger partial charge in [0, 0.05) is 28.0 Å². The average Bonchev–Trinajstić information content (AvgIpc) is 2.99. The zero-order valence-electron chi connectivity index (χ0n) is 13.9. The van der Waals surface area contributed by atoms with Crippen LogP contribution in [0.25, 0.3) is 17.2 Å². The van der Waals surface area contributed by atoms with E-state index in [2.05, 4.69) is 39.4 Å². The van der Waals surface area contributed by atoms with Crippen molar-refractivity contribution >= 4 is 28.9 Å². The van der Waals surface area contributed by atoms with Gasteiger partial charge in [-0.05, 0) is 55.8 Å². The summed E-state index contributed by atoms with van der Waals surface area (Å²) in [7, 11) is 0. The van der Waals surface area contributed by atoms with Crippen molar-refractivity contribution in [1.29, 1.82) is 0 Å². The van der Waals surface area contributed by atoms with Gasteiger partial charge in [-0.25, -0.2) is 4.98 Å². The molecular weight excluding hydrogens is 334 g/mol. The number of aromatic nitrogens is 4. The summed E-state index contributed by atoms with van der Waals surface area (Å²) in [6.07, 6.45) is 0. The molecule has 1 N–H and O–H groups in total. The smallest absolute Gasteiger partial charge is 0.254 e. The van der Waals surface area contributed by atoms with E-state index in [1.807, 2.05) is 49.4 Å². The van der Waals surface area contributed by atoms with Crippen LogP contribution in [0, 0.1) is 13.8 Å². The Morgan fingerprint density at radius 1 is 0.960 bits per heavy atom. The first kappa shape index (κ1) is 15.6. The third-order valence-corrected chi connectivity index (χ3v) is 4.09. The largest absolute Gasteiger partial charge is 0.340 e. The molecule has 25 heavy (non-hydrogen) atoms. The predicted molar refractivity (Wildman–Crippen MR) is 100 cm³/mol. The van der Waals surface area contributed by atoms with Crippen LogP contribution in [0.1, 0.15) is 11.3 Å². The lowest BCUT2D eigenvalue weighted by Gasteiger charge is -2.09. The molecule has 0 spiro atoms.